The fourth-order valence-electron chi connectivity index (χ4n) is 3.47. The summed E-state index contributed by atoms with van der Waals surface area (Å²) in [6, 6.07) is 4.18. The molecule has 1 atom stereocenters. The molecule has 2 N–H and O–H groups in total. The molecule has 0 bridgehead atoms. The third-order valence-electron chi connectivity index (χ3n) is 4.16. The molecule has 22 heavy (non-hydrogen) atoms. The lowest BCUT2D eigenvalue weighted by Gasteiger charge is -2.27. The Bertz CT molecular complexity index is 813. The van der Waals surface area contributed by atoms with Crippen molar-refractivity contribution in [1.29, 1.82) is 0 Å². The normalized spacial score (nSPS) is 17.1. The van der Waals surface area contributed by atoms with E-state index in [4.69, 9.17) is 0 Å². The van der Waals surface area contributed by atoms with Gasteiger partial charge in [-0.3, -0.25) is 9.59 Å². The lowest BCUT2D eigenvalue weighted by Crippen LogP contribution is -2.32. The predicted molar refractivity (Wildman–Crippen MR) is 85.3 cm³/mol. The van der Waals surface area contributed by atoms with Gasteiger partial charge in [-0.15, -0.1) is 0 Å². The quantitative estimate of drug-likeness (QED) is 0.849. The number of hydrogen-bond donors (Lipinski definition) is 2. The first-order valence-corrected chi connectivity index (χ1v) is 7.35. The molecule has 1 aliphatic heterocycles. The Morgan fingerprint density at radius 2 is 1.68 bits per heavy atom. The molecule has 5 heteroatoms. The number of nitrogens with zero attached hydrogens (tertiary/aromatic N) is 1. The van der Waals surface area contributed by atoms with Gasteiger partial charge < -0.3 is 10.3 Å². The van der Waals surface area contributed by atoms with E-state index < -0.39 is 0 Å². The first-order chi connectivity index (χ1) is 10.4. The molecule has 0 aliphatic carbocycles. The number of nitrogens with one attached hydrogen (secondary N) is 2. The summed E-state index contributed by atoms with van der Waals surface area (Å²) < 4.78 is 0. The number of H-pyrrole nitrogens is 1. The van der Waals surface area contributed by atoms with Crippen molar-refractivity contribution in [2.45, 2.75) is 40.0 Å². The van der Waals surface area contributed by atoms with Gasteiger partial charge in [-0.2, -0.15) is 0 Å². The molecule has 1 amide bonds. The minimum atomic E-state index is -0.249. The second-order valence-corrected chi connectivity index (χ2v) is 6.03. The monoisotopic (exact) mass is 297 g/mol. The molecule has 2 aromatic rings. The SMILES string of the molecule is Cc1cc(C)c(C2CC(=O)Nc3nc(C)[nH]c(=O)c32)c(C)c1. The van der Waals surface area contributed by atoms with Crippen molar-refractivity contribution >= 4 is 11.7 Å². The van der Waals surface area contributed by atoms with Crippen LogP contribution in [0.15, 0.2) is 16.9 Å². The molecule has 1 unspecified atom stereocenters. The second-order valence-electron chi connectivity index (χ2n) is 6.03. The number of aromatic amines is 1. The molecule has 0 saturated carbocycles. The number of aryl methyl sites for hydroxylation is 4. The zero-order valence-corrected chi connectivity index (χ0v) is 13.2. The van der Waals surface area contributed by atoms with Gasteiger partial charge in [-0.05, 0) is 44.4 Å². The van der Waals surface area contributed by atoms with Gasteiger partial charge in [0.2, 0.25) is 5.91 Å². The summed E-state index contributed by atoms with van der Waals surface area (Å²) in [4.78, 5) is 31.5. The van der Waals surface area contributed by atoms with Gasteiger partial charge in [0, 0.05) is 12.3 Å². The van der Waals surface area contributed by atoms with Crippen LogP contribution in [0.3, 0.4) is 0 Å². The van der Waals surface area contributed by atoms with E-state index in [1.807, 2.05) is 20.8 Å². The molecule has 0 saturated heterocycles. The summed E-state index contributed by atoms with van der Waals surface area (Å²) in [6.45, 7) is 7.80. The van der Waals surface area contributed by atoms with Crippen LogP contribution < -0.4 is 10.9 Å². The first-order valence-electron chi connectivity index (χ1n) is 7.35. The summed E-state index contributed by atoms with van der Waals surface area (Å²) >= 11 is 0. The Labute approximate surface area is 128 Å². The molecule has 0 spiro atoms. The summed E-state index contributed by atoms with van der Waals surface area (Å²) in [5.74, 6) is 0.541. The molecule has 114 valence electrons. The summed E-state index contributed by atoms with van der Waals surface area (Å²) in [5.41, 5.74) is 4.81. The Morgan fingerprint density at radius 1 is 1.05 bits per heavy atom. The smallest absolute Gasteiger partial charge is 0.256 e. The molecular weight excluding hydrogens is 278 g/mol. The highest BCUT2D eigenvalue weighted by atomic mass is 16.2. The topological polar surface area (TPSA) is 74.8 Å². The number of hydrogen-bond acceptors (Lipinski definition) is 3. The van der Waals surface area contributed by atoms with Crippen LogP contribution >= 0.6 is 0 Å². The van der Waals surface area contributed by atoms with E-state index >= 15 is 0 Å². The van der Waals surface area contributed by atoms with Crippen LogP contribution in [0.2, 0.25) is 0 Å². The highest BCUT2D eigenvalue weighted by Crippen LogP contribution is 2.37. The van der Waals surface area contributed by atoms with Gasteiger partial charge in [0.05, 0.1) is 5.56 Å². The molecular formula is C17H19N3O2. The fourth-order valence-corrected chi connectivity index (χ4v) is 3.47. The van der Waals surface area contributed by atoms with Crippen LogP contribution in [0.25, 0.3) is 0 Å². The standard InChI is InChI=1S/C17H19N3O2/c1-8-5-9(2)14(10(3)6-8)12-7-13(21)20-16-15(12)17(22)19-11(4)18-16/h5-6,12H,7H2,1-4H3,(H2,18,19,20,21,22). The number of carbonyl (C=O) groups is 1. The number of aromatic nitrogens is 2. The average Bonchev–Trinajstić information content (AvgIpc) is 2.35. The minimum Gasteiger partial charge on any atom is -0.310 e. The van der Waals surface area contributed by atoms with E-state index in [0.717, 1.165) is 16.7 Å². The van der Waals surface area contributed by atoms with Crippen molar-refractivity contribution in [1.82, 2.24) is 9.97 Å². The van der Waals surface area contributed by atoms with Crippen LogP contribution in [0.1, 0.15) is 46.0 Å². The maximum Gasteiger partial charge on any atom is 0.256 e. The Kier molecular flexibility index (Phi) is 3.35. The maximum atomic E-state index is 12.4. The van der Waals surface area contributed by atoms with E-state index in [2.05, 4.69) is 27.4 Å². The van der Waals surface area contributed by atoms with Gasteiger partial charge in [-0.25, -0.2) is 4.98 Å². The van der Waals surface area contributed by atoms with Crippen LogP contribution in [0, 0.1) is 27.7 Å². The van der Waals surface area contributed by atoms with Gasteiger partial charge in [0.25, 0.3) is 5.56 Å². The Morgan fingerprint density at radius 3 is 2.32 bits per heavy atom. The average molecular weight is 297 g/mol. The zero-order valence-electron chi connectivity index (χ0n) is 13.2. The van der Waals surface area contributed by atoms with Crippen molar-refractivity contribution in [3.05, 3.63) is 56.1 Å². The lowest BCUT2D eigenvalue weighted by molar-refractivity contribution is -0.116. The zero-order chi connectivity index (χ0) is 16.0. The van der Waals surface area contributed by atoms with Gasteiger partial charge >= 0.3 is 0 Å². The molecule has 0 fully saturated rings. The van der Waals surface area contributed by atoms with E-state index in [1.165, 1.54) is 5.56 Å². The number of rotatable bonds is 1. The lowest BCUT2D eigenvalue weighted by atomic mass is 9.81. The largest absolute Gasteiger partial charge is 0.310 e. The Balaban J connectivity index is 2.27. The number of anilines is 1. The first kappa shape index (κ1) is 14.5. The van der Waals surface area contributed by atoms with Crippen LogP contribution in [-0.4, -0.2) is 15.9 Å². The van der Waals surface area contributed by atoms with E-state index in [1.54, 1.807) is 6.92 Å². The van der Waals surface area contributed by atoms with Gasteiger partial charge in [0.1, 0.15) is 11.6 Å². The van der Waals surface area contributed by atoms with Crippen molar-refractivity contribution < 1.29 is 4.79 Å². The Hall–Kier alpha value is -2.43. The minimum absolute atomic E-state index is 0.102. The third-order valence-corrected chi connectivity index (χ3v) is 4.16. The summed E-state index contributed by atoms with van der Waals surface area (Å²) in [5, 5.41) is 2.72. The third kappa shape index (κ3) is 2.32. The molecule has 2 heterocycles. The fraction of sp³-hybridized carbons (Fsp3) is 0.353. The van der Waals surface area contributed by atoms with Crippen molar-refractivity contribution in [3.63, 3.8) is 0 Å². The highest BCUT2D eigenvalue weighted by Gasteiger charge is 2.32. The van der Waals surface area contributed by atoms with Crippen molar-refractivity contribution in [3.8, 4) is 0 Å². The summed E-state index contributed by atoms with van der Waals surface area (Å²) in [6.07, 6.45) is 0.269. The van der Waals surface area contributed by atoms with E-state index in [-0.39, 0.29) is 23.8 Å². The molecule has 1 aliphatic rings. The number of fused-ring (bicyclic) bond motifs is 1. The van der Waals surface area contributed by atoms with Crippen molar-refractivity contribution in [2.24, 2.45) is 0 Å². The van der Waals surface area contributed by atoms with Gasteiger partial charge in [0.15, 0.2) is 0 Å². The van der Waals surface area contributed by atoms with Gasteiger partial charge in [-0.1, -0.05) is 17.7 Å². The van der Waals surface area contributed by atoms with Crippen LogP contribution in [0.4, 0.5) is 5.82 Å². The molecule has 1 aromatic carbocycles. The number of benzene rings is 1. The number of amides is 1. The molecule has 1 aromatic heterocycles. The maximum absolute atomic E-state index is 12.4. The second kappa shape index (κ2) is 5.09. The highest BCUT2D eigenvalue weighted by molar-refractivity contribution is 5.94. The van der Waals surface area contributed by atoms with Crippen LogP contribution in [0.5, 0.6) is 0 Å². The van der Waals surface area contributed by atoms with Crippen molar-refractivity contribution in [2.75, 3.05) is 5.32 Å². The van der Waals surface area contributed by atoms with E-state index in [0.29, 0.717) is 17.2 Å². The molecule has 5 nitrogen and oxygen atoms in total. The molecule has 3 rings (SSSR count). The van der Waals surface area contributed by atoms with Crippen LogP contribution in [-0.2, 0) is 4.79 Å². The molecule has 0 radical (unpaired) electrons. The van der Waals surface area contributed by atoms with E-state index in [9.17, 15) is 9.59 Å². The number of carbonyl (C=O) groups excluding carboxylic acids is 1. The predicted octanol–water partition coefficient (Wildman–Crippen LogP) is 2.48. The summed E-state index contributed by atoms with van der Waals surface area (Å²) in [7, 11) is 0.